The summed E-state index contributed by atoms with van der Waals surface area (Å²) in [4.78, 5) is 2.32. The number of aliphatic hydroxyl groups is 1. The molecule has 0 aliphatic carbocycles. The van der Waals surface area contributed by atoms with Crippen molar-refractivity contribution in [1.82, 2.24) is 10.2 Å². The van der Waals surface area contributed by atoms with Crippen molar-refractivity contribution < 1.29 is 5.11 Å². The Kier molecular flexibility index (Phi) is 5.62. The molecule has 1 rings (SSSR count). The van der Waals surface area contributed by atoms with Crippen LogP contribution in [0.25, 0.3) is 0 Å². The number of benzene rings is 1. The molecule has 1 aromatic carbocycles. The van der Waals surface area contributed by atoms with E-state index in [9.17, 15) is 5.11 Å². The van der Waals surface area contributed by atoms with Gasteiger partial charge in [0.2, 0.25) is 0 Å². The summed E-state index contributed by atoms with van der Waals surface area (Å²) < 4.78 is 0. The molecule has 0 amide bonds. The second-order valence-electron chi connectivity index (χ2n) is 4.32. The van der Waals surface area contributed by atoms with Crippen LogP contribution in [0.1, 0.15) is 19.4 Å². The normalized spacial score (nSPS) is 14.9. The van der Waals surface area contributed by atoms with Gasteiger partial charge >= 0.3 is 0 Å². The maximum atomic E-state index is 9.78. The average molecular weight is 236 g/mol. The van der Waals surface area contributed by atoms with E-state index >= 15 is 0 Å². The van der Waals surface area contributed by atoms with Crippen molar-refractivity contribution in [2.45, 2.75) is 19.4 Å². The fourth-order valence-corrected chi connectivity index (χ4v) is 2.12. The predicted molar refractivity (Wildman–Crippen MR) is 72.1 cm³/mol. The largest absolute Gasteiger partial charge is 0.394 e. The Bertz CT molecular complexity index is 305. The predicted octanol–water partition coefficient (Wildman–Crippen LogP) is 1.44. The SMILES string of the molecule is CCN(CC)CC(CO)(NC)c1ccccc1. The maximum absolute atomic E-state index is 9.78. The molecule has 1 aromatic rings. The van der Waals surface area contributed by atoms with Crippen molar-refractivity contribution in [1.29, 1.82) is 0 Å². The summed E-state index contributed by atoms with van der Waals surface area (Å²) in [6.07, 6.45) is 0. The second-order valence-corrected chi connectivity index (χ2v) is 4.32. The van der Waals surface area contributed by atoms with Crippen molar-refractivity contribution >= 4 is 0 Å². The van der Waals surface area contributed by atoms with Gasteiger partial charge in [0, 0.05) is 6.54 Å². The molecule has 0 heterocycles. The van der Waals surface area contributed by atoms with E-state index in [-0.39, 0.29) is 12.1 Å². The highest BCUT2D eigenvalue weighted by atomic mass is 16.3. The third kappa shape index (κ3) is 3.28. The maximum Gasteiger partial charge on any atom is 0.0795 e. The Hall–Kier alpha value is -0.900. The van der Waals surface area contributed by atoms with Crippen molar-refractivity contribution in [3.63, 3.8) is 0 Å². The van der Waals surface area contributed by atoms with E-state index in [0.29, 0.717) is 0 Å². The highest BCUT2D eigenvalue weighted by Gasteiger charge is 2.31. The number of nitrogens with zero attached hydrogens (tertiary/aromatic N) is 1. The highest BCUT2D eigenvalue weighted by molar-refractivity contribution is 5.25. The molecule has 0 bridgehead atoms. The fraction of sp³-hybridized carbons (Fsp3) is 0.571. The zero-order valence-electron chi connectivity index (χ0n) is 11.1. The first-order chi connectivity index (χ1) is 8.22. The van der Waals surface area contributed by atoms with Crippen LogP contribution in [0.4, 0.5) is 0 Å². The van der Waals surface area contributed by atoms with Gasteiger partial charge in [-0.2, -0.15) is 0 Å². The molecule has 0 radical (unpaired) electrons. The van der Waals surface area contributed by atoms with E-state index in [1.54, 1.807) is 0 Å². The minimum Gasteiger partial charge on any atom is -0.394 e. The lowest BCUT2D eigenvalue weighted by atomic mass is 9.90. The van der Waals surface area contributed by atoms with E-state index in [1.807, 2.05) is 25.2 Å². The minimum atomic E-state index is -0.368. The summed E-state index contributed by atoms with van der Waals surface area (Å²) in [5.41, 5.74) is 0.768. The van der Waals surface area contributed by atoms with Gasteiger partial charge in [0.1, 0.15) is 0 Å². The topological polar surface area (TPSA) is 35.5 Å². The Morgan fingerprint density at radius 3 is 2.18 bits per heavy atom. The van der Waals surface area contributed by atoms with E-state index in [1.165, 1.54) is 0 Å². The third-order valence-corrected chi connectivity index (χ3v) is 3.46. The Balaban J connectivity index is 2.96. The molecular weight excluding hydrogens is 212 g/mol. The number of nitrogens with one attached hydrogen (secondary N) is 1. The van der Waals surface area contributed by atoms with Gasteiger partial charge in [0.15, 0.2) is 0 Å². The number of hydrogen-bond donors (Lipinski definition) is 2. The molecular formula is C14H24N2O. The van der Waals surface area contributed by atoms with Crippen LogP contribution in [-0.4, -0.2) is 43.3 Å². The molecule has 0 aliphatic rings. The lowest BCUT2D eigenvalue weighted by molar-refractivity contribution is 0.118. The van der Waals surface area contributed by atoms with Gasteiger partial charge in [-0.25, -0.2) is 0 Å². The molecule has 2 N–H and O–H groups in total. The molecule has 0 fully saturated rings. The average Bonchev–Trinajstić information content (AvgIpc) is 2.42. The van der Waals surface area contributed by atoms with Crippen LogP contribution in [0.5, 0.6) is 0 Å². The summed E-state index contributed by atoms with van der Waals surface area (Å²) in [5.74, 6) is 0. The zero-order valence-corrected chi connectivity index (χ0v) is 11.1. The first-order valence-corrected chi connectivity index (χ1v) is 6.30. The molecule has 0 aliphatic heterocycles. The van der Waals surface area contributed by atoms with Gasteiger partial charge in [-0.15, -0.1) is 0 Å². The quantitative estimate of drug-likeness (QED) is 0.752. The molecule has 17 heavy (non-hydrogen) atoms. The molecule has 3 nitrogen and oxygen atoms in total. The van der Waals surface area contributed by atoms with Gasteiger partial charge in [-0.3, -0.25) is 0 Å². The molecule has 0 saturated heterocycles. The van der Waals surface area contributed by atoms with E-state index in [0.717, 1.165) is 25.2 Å². The zero-order chi connectivity index (χ0) is 12.7. The van der Waals surface area contributed by atoms with Gasteiger partial charge in [0.05, 0.1) is 12.1 Å². The van der Waals surface area contributed by atoms with Crippen LogP contribution in [0.3, 0.4) is 0 Å². The Morgan fingerprint density at radius 2 is 1.76 bits per heavy atom. The van der Waals surface area contributed by atoms with Gasteiger partial charge in [-0.1, -0.05) is 44.2 Å². The lowest BCUT2D eigenvalue weighted by Crippen LogP contribution is -2.52. The molecule has 0 spiro atoms. The summed E-state index contributed by atoms with van der Waals surface area (Å²) in [6, 6.07) is 10.2. The first-order valence-electron chi connectivity index (χ1n) is 6.30. The molecule has 96 valence electrons. The van der Waals surface area contributed by atoms with Crippen molar-refractivity contribution in [2.24, 2.45) is 0 Å². The summed E-state index contributed by atoms with van der Waals surface area (Å²) >= 11 is 0. The molecule has 0 saturated carbocycles. The van der Waals surface area contributed by atoms with Gasteiger partial charge in [0.25, 0.3) is 0 Å². The van der Waals surface area contributed by atoms with Gasteiger partial charge < -0.3 is 15.3 Å². The van der Waals surface area contributed by atoms with Crippen LogP contribution >= 0.6 is 0 Å². The Morgan fingerprint density at radius 1 is 1.18 bits per heavy atom. The fourth-order valence-electron chi connectivity index (χ4n) is 2.12. The van der Waals surface area contributed by atoms with E-state index in [4.69, 9.17) is 0 Å². The standard InChI is InChI=1S/C14H24N2O/c1-4-16(5-2)11-14(12-17,15-3)13-9-7-6-8-10-13/h6-10,15,17H,4-5,11-12H2,1-3H3. The summed E-state index contributed by atoms with van der Waals surface area (Å²) in [5, 5.41) is 13.1. The number of aliphatic hydroxyl groups excluding tert-OH is 1. The number of rotatable bonds is 7. The van der Waals surface area contributed by atoms with E-state index in [2.05, 4.69) is 36.2 Å². The van der Waals surface area contributed by atoms with Gasteiger partial charge in [-0.05, 0) is 25.7 Å². The lowest BCUT2D eigenvalue weighted by Gasteiger charge is -2.36. The smallest absolute Gasteiger partial charge is 0.0795 e. The van der Waals surface area contributed by atoms with Crippen LogP contribution in [0, 0.1) is 0 Å². The van der Waals surface area contributed by atoms with Crippen LogP contribution < -0.4 is 5.32 Å². The number of likely N-dealkylation sites (N-methyl/N-ethyl adjacent to an activating group) is 2. The number of hydrogen-bond acceptors (Lipinski definition) is 3. The monoisotopic (exact) mass is 236 g/mol. The summed E-state index contributed by atoms with van der Waals surface area (Å²) in [7, 11) is 1.91. The first kappa shape index (κ1) is 14.2. The molecule has 1 unspecified atom stereocenters. The second kappa shape index (κ2) is 6.74. The molecule has 0 aromatic heterocycles. The van der Waals surface area contributed by atoms with Crippen LogP contribution in [0.2, 0.25) is 0 Å². The highest BCUT2D eigenvalue weighted by Crippen LogP contribution is 2.21. The van der Waals surface area contributed by atoms with E-state index < -0.39 is 0 Å². The van der Waals surface area contributed by atoms with Crippen LogP contribution in [-0.2, 0) is 5.54 Å². The molecule has 3 heteroatoms. The van der Waals surface area contributed by atoms with Crippen molar-refractivity contribution in [3.05, 3.63) is 35.9 Å². The minimum absolute atomic E-state index is 0.101. The van der Waals surface area contributed by atoms with Crippen LogP contribution in [0.15, 0.2) is 30.3 Å². The Labute approximate surface area is 104 Å². The molecule has 1 atom stereocenters. The van der Waals surface area contributed by atoms with Crippen molar-refractivity contribution in [3.8, 4) is 0 Å². The van der Waals surface area contributed by atoms with Crippen molar-refractivity contribution in [2.75, 3.05) is 33.3 Å². The third-order valence-electron chi connectivity index (χ3n) is 3.46. The summed E-state index contributed by atoms with van der Waals surface area (Å²) in [6.45, 7) is 7.19.